The number of ether oxygens (including phenoxy) is 5. The van der Waals surface area contributed by atoms with E-state index < -0.39 is 100 Å². The maximum absolute atomic E-state index is 14.6. The minimum atomic E-state index is -1.17. The number of carboxylic acids is 1. The molecule has 6 unspecified atom stereocenters. The minimum Gasteiger partial charge on any atom is -0.478 e. The molecule has 2 aliphatic carbocycles. The van der Waals surface area contributed by atoms with Crippen molar-refractivity contribution in [2.24, 2.45) is 45.5 Å². The second-order valence-electron chi connectivity index (χ2n) is 24.6. The molecule has 11 atom stereocenters. The number of nitrogens with one attached hydrogen (secondary N) is 5. The van der Waals surface area contributed by atoms with Gasteiger partial charge in [0.05, 0.1) is 31.8 Å². The molecule has 22 heteroatoms. The maximum Gasteiger partial charge on any atom is 0.330 e. The maximum atomic E-state index is 14.6. The van der Waals surface area contributed by atoms with Gasteiger partial charge in [0.15, 0.2) is 0 Å². The van der Waals surface area contributed by atoms with E-state index in [0.29, 0.717) is 43.7 Å². The van der Waals surface area contributed by atoms with E-state index in [2.05, 4.69) is 46.5 Å². The fourth-order valence-corrected chi connectivity index (χ4v) is 12.3. The molecule has 2 saturated heterocycles. The zero-order valence-corrected chi connectivity index (χ0v) is 50.6. The number of unbranched alkanes of at least 4 members (excludes halogenated alkanes) is 2. The Kier molecular flexibility index (Phi) is 25.1. The Bertz CT molecular complexity index is 2580. The van der Waals surface area contributed by atoms with Gasteiger partial charge in [-0.3, -0.25) is 24.0 Å². The van der Waals surface area contributed by atoms with Gasteiger partial charge in [0.1, 0.15) is 36.4 Å². The first-order valence-corrected chi connectivity index (χ1v) is 29.8. The molecule has 0 aromatic heterocycles. The van der Waals surface area contributed by atoms with Gasteiger partial charge >= 0.3 is 29.9 Å². The molecule has 1 spiro atoms. The van der Waals surface area contributed by atoms with E-state index in [1.807, 2.05) is 20.8 Å². The number of carbonyl (C=O) groups excluding carboxylic acids is 8. The number of carbonyl (C=O) groups is 9. The third-order valence-electron chi connectivity index (χ3n) is 17.4. The molecule has 5 rings (SSSR count). The number of nitrogens with two attached hydrogens (primary N) is 2. The number of hydrogen-bond donors (Lipinski definition) is 8. The molecule has 2 aliphatic heterocycles. The zero-order valence-electron chi connectivity index (χ0n) is 50.6. The Balaban J connectivity index is 1.20. The van der Waals surface area contributed by atoms with Crippen LogP contribution in [0.5, 0.6) is 0 Å². The standard InChI is InChI=1S/C62H93N7O15/c1-10-42(27-32-80-50(73)20-14-13-19-49(71)72)53(57(78)81-36-61-29-25-39(4)33-47(61)84-46-26-28-60(61,9)62(46)37-82-62)69-54(75)40(5)34-59(7,8)35-51(74)83-41(6)43-21-23-44(24-22-43)66-55(76)45(17-16-31-65-58(64)79)67-56(77)52(38(2)3)68-48(70)18-12-11-15-30-63/h13-14,19-24,33,38,40-42,45-47,52-53H,10-12,15-18,25-32,34-37,63H2,1-9H3,(H,66,76)(H,67,77)(H,68,70)(H,69,75)(H,71,72)(H3,64,65,79)/b19-13-,20-14+/t40?,41?,42-,45+,46?,47-,52?,53?,60?,61-,62+/m1/s1. The number of aliphatic carboxylic acids is 1. The highest BCUT2D eigenvalue weighted by Gasteiger charge is 2.78. The highest BCUT2D eigenvalue weighted by Crippen LogP contribution is 2.71. The van der Waals surface area contributed by atoms with Gasteiger partial charge in [-0.2, -0.15) is 0 Å². The summed E-state index contributed by atoms with van der Waals surface area (Å²) in [6, 6.07) is 2.84. The molecule has 1 aromatic carbocycles. The van der Waals surface area contributed by atoms with E-state index in [0.717, 1.165) is 50.7 Å². The molecule has 0 radical (unpaired) electrons. The van der Waals surface area contributed by atoms with Crippen LogP contribution in [0, 0.1) is 34.0 Å². The summed E-state index contributed by atoms with van der Waals surface area (Å²) in [5.41, 5.74) is 10.9. The number of carboxylic acid groups (broad SMARTS) is 1. The number of esters is 3. The van der Waals surface area contributed by atoms with E-state index in [1.54, 1.807) is 52.0 Å². The fraction of sp³-hybridized carbons (Fsp3) is 0.661. The van der Waals surface area contributed by atoms with Crippen molar-refractivity contribution < 1.29 is 71.9 Å². The summed E-state index contributed by atoms with van der Waals surface area (Å²) in [6.07, 6.45) is 12.4. The van der Waals surface area contributed by atoms with Gasteiger partial charge in [0, 0.05) is 47.6 Å². The molecule has 3 fully saturated rings. The second-order valence-corrected chi connectivity index (χ2v) is 24.6. The SMILES string of the molecule is CC[C@H](CCOC(=O)/C=C/C=C\C(=O)O)C(NC(=O)C(C)CC(C)(C)CC(=O)OC(C)c1ccc(NC(=O)[C@H](CCCNC(N)=O)NC(=O)C(NC(=O)CCCCCN)C(C)C)cc1)C(=O)OC[C@]12CCC(C)=C[C@H]1OC1CCC2(C)[C@]12CO2. The number of allylic oxidation sites excluding steroid dienone is 3. The third kappa shape index (κ3) is 18.4. The van der Waals surface area contributed by atoms with Crippen LogP contribution in [-0.4, -0.2) is 127 Å². The smallest absolute Gasteiger partial charge is 0.330 e. The average molecular weight is 1180 g/mol. The largest absolute Gasteiger partial charge is 0.478 e. The van der Waals surface area contributed by atoms with E-state index in [4.69, 9.17) is 40.3 Å². The van der Waals surface area contributed by atoms with E-state index in [9.17, 15) is 43.2 Å². The van der Waals surface area contributed by atoms with E-state index in [1.165, 1.54) is 17.7 Å². The van der Waals surface area contributed by atoms with Crippen molar-refractivity contribution in [1.29, 1.82) is 0 Å². The van der Waals surface area contributed by atoms with Gasteiger partial charge in [-0.15, -0.1) is 0 Å². The van der Waals surface area contributed by atoms with Crippen molar-refractivity contribution in [1.82, 2.24) is 21.3 Å². The number of urea groups is 1. The number of rotatable bonds is 34. The summed E-state index contributed by atoms with van der Waals surface area (Å²) in [5.74, 6) is -6.33. The Hall–Kier alpha value is -6.65. The molecule has 466 valence electrons. The summed E-state index contributed by atoms with van der Waals surface area (Å²) < 4.78 is 30.6. The lowest BCUT2D eigenvalue weighted by Crippen LogP contribution is -2.64. The third-order valence-corrected chi connectivity index (χ3v) is 17.4. The lowest BCUT2D eigenvalue weighted by atomic mass is 9.52. The average Bonchev–Trinajstić information content (AvgIpc) is 1.49. The summed E-state index contributed by atoms with van der Waals surface area (Å²) >= 11 is 0. The van der Waals surface area contributed by atoms with Crippen LogP contribution in [0.15, 0.2) is 60.2 Å². The van der Waals surface area contributed by atoms with Crippen LogP contribution < -0.4 is 38.1 Å². The normalized spacial score (nSPS) is 23.7. The fourth-order valence-electron chi connectivity index (χ4n) is 12.3. The van der Waals surface area contributed by atoms with Crippen molar-refractivity contribution in [3.8, 4) is 0 Å². The Morgan fingerprint density at radius 1 is 0.869 bits per heavy atom. The molecule has 4 aliphatic rings. The lowest BCUT2D eigenvalue weighted by molar-refractivity contribution is -0.218. The van der Waals surface area contributed by atoms with Crippen LogP contribution in [0.3, 0.4) is 0 Å². The monoisotopic (exact) mass is 1180 g/mol. The van der Waals surface area contributed by atoms with Crippen molar-refractivity contribution in [2.75, 3.05) is 38.2 Å². The first-order valence-electron chi connectivity index (χ1n) is 29.8. The molecule has 1 saturated carbocycles. The van der Waals surface area contributed by atoms with Crippen molar-refractivity contribution >= 4 is 59.2 Å². The van der Waals surface area contributed by atoms with Gasteiger partial charge in [-0.25, -0.2) is 19.2 Å². The van der Waals surface area contributed by atoms with Crippen LogP contribution in [0.1, 0.15) is 164 Å². The molecule has 2 heterocycles. The Morgan fingerprint density at radius 2 is 1.57 bits per heavy atom. The first-order chi connectivity index (χ1) is 39.7. The zero-order chi connectivity index (χ0) is 62.0. The van der Waals surface area contributed by atoms with Gasteiger partial charge in [-0.05, 0) is 120 Å². The van der Waals surface area contributed by atoms with Crippen LogP contribution >= 0.6 is 0 Å². The first kappa shape index (κ1) is 68.1. The van der Waals surface area contributed by atoms with Gasteiger partial charge in [0.25, 0.3) is 0 Å². The molecular formula is C62H93N7O15. The second kappa shape index (κ2) is 30.9. The highest BCUT2D eigenvalue weighted by molar-refractivity contribution is 5.98. The van der Waals surface area contributed by atoms with E-state index >= 15 is 0 Å². The number of anilines is 1. The van der Waals surface area contributed by atoms with Crippen LogP contribution in [0.4, 0.5) is 10.5 Å². The quantitative estimate of drug-likeness (QED) is 0.00693. The van der Waals surface area contributed by atoms with Crippen molar-refractivity contribution in [3.63, 3.8) is 0 Å². The molecule has 1 aromatic rings. The molecule has 10 N–H and O–H groups in total. The van der Waals surface area contributed by atoms with Crippen LogP contribution in [-0.2, 0) is 62.0 Å². The minimum absolute atomic E-state index is 0.0464. The number of hydrogen-bond acceptors (Lipinski definition) is 15. The topological polar surface area (TPSA) is 336 Å². The Labute approximate surface area is 494 Å². The number of benzene rings is 1. The van der Waals surface area contributed by atoms with Crippen molar-refractivity contribution in [2.45, 2.75) is 194 Å². The molecule has 84 heavy (non-hydrogen) atoms. The number of fused-ring (bicyclic) bond motifs is 2. The predicted molar refractivity (Wildman–Crippen MR) is 313 cm³/mol. The molecule has 22 nitrogen and oxygen atoms in total. The summed E-state index contributed by atoms with van der Waals surface area (Å²) in [6.45, 7) is 18.1. The number of primary amides is 1. The van der Waals surface area contributed by atoms with E-state index in [-0.39, 0.29) is 81.3 Å². The highest BCUT2D eigenvalue weighted by atomic mass is 16.6. The van der Waals surface area contributed by atoms with Crippen LogP contribution in [0.25, 0.3) is 0 Å². The summed E-state index contributed by atoms with van der Waals surface area (Å²) in [5, 5.41) is 22.7. The predicted octanol–water partition coefficient (Wildman–Crippen LogP) is 6.51. The molecule has 2 bridgehead atoms. The van der Waals surface area contributed by atoms with Gasteiger partial charge in [-0.1, -0.05) is 97.2 Å². The Morgan fingerprint density at radius 3 is 2.21 bits per heavy atom. The number of epoxide rings is 1. The van der Waals surface area contributed by atoms with Crippen LogP contribution in [0.2, 0.25) is 0 Å². The van der Waals surface area contributed by atoms with Crippen molar-refractivity contribution in [3.05, 3.63) is 65.8 Å². The lowest BCUT2D eigenvalue weighted by Gasteiger charge is -2.57. The van der Waals surface area contributed by atoms with Gasteiger partial charge in [0.2, 0.25) is 23.6 Å². The molecular weight excluding hydrogens is 1080 g/mol. The summed E-state index contributed by atoms with van der Waals surface area (Å²) in [7, 11) is 0. The molecule has 6 amide bonds. The van der Waals surface area contributed by atoms with Gasteiger partial charge < -0.3 is 66.8 Å². The summed E-state index contributed by atoms with van der Waals surface area (Å²) in [4.78, 5) is 117. The number of amides is 6.